The Labute approximate surface area is 173 Å². The Kier molecular flexibility index (Phi) is 7.40. The average molecular weight is 403 g/mol. The molecule has 28 heavy (non-hydrogen) atoms. The summed E-state index contributed by atoms with van der Waals surface area (Å²) in [4.78, 5) is 6.61. The summed E-state index contributed by atoms with van der Waals surface area (Å²) in [6.07, 6.45) is 4.72. The molecular formula is C22H31ClN4O. The molecule has 1 aliphatic carbocycles. The molecule has 0 bridgehead atoms. The highest BCUT2D eigenvalue weighted by Crippen LogP contribution is 2.24. The van der Waals surface area contributed by atoms with Gasteiger partial charge in [-0.25, -0.2) is 4.98 Å². The van der Waals surface area contributed by atoms with E-state index in [0.29, 0.717) is 18.7 Å². The number of halogens is 1. The Bertz CT molecular complexity index is 743. The monoisotopic (exact) mass is 402 g/mol. The normalized spacial score (nSPS) is 19.3. The summed E-state index contributed by atoms with van der Waals surface area (Å²) >= 11 is 5.89. The molecule has 2 aromatic rings. The maximum atomic E-state index is 5.89. The molecule has 1 fully saturated rings. The third kappa shape index (κ3) is 6.28. The zero-order valence-electron chi connectivity index (χ0n) is 17.0. The lowest BCUT2D eigenvalue weighted by molar-refractivity contribution is 0.285. The van der Waals surface area contributed by atoms with Crippen molar-refractivity contribution in [1.82, 2.24) is 10.3 Å². The van der Waals surface area contributed by atoms with Crippen LogP contribution in [0.1, 0.15) is 31.4 Å². The van der Waals surface area contributed by atoms with Crippen LogP contribution in [0.5, 0.6) is 5.75 Å². The molecular weight excluding hydrogens is 372 g/mol. The zero-order chi connectivity index (χ0) is 19.9. The highest BCUT2D eigenvalue weighted by molar-refractivity contribution is 6.30. The lowest BCUT2D eigenvalue weighted by atomic mass is 9.91. The fourth-order valence-electron chi connectivity index (χ4n) is 3.60. The second-order valence-electron chi connectivity index (χ2n) is 7.70. The Morgan fingerprint density at radius 3 is 2.43 bits per heavy atom. The summed E-state index contributed by atoms with van der Waals surface area (Å²) in [5.74, 6) is 1.86. The van der Waals surface area contributed by atoms with Crippen molar-refractivity contribution in [2.45, 2.75) is 44.7 Å². The maximum absolute atomic E-state index is 5.89. The van der Waals surface area contributed by atoms with E-state index in [9.17, 15) is 0 Å². The number of rotatable bonds is 8. The standard InChI is InChI=1S/C22H31ClN4O/c1-16-14-20(15-22(25-16)27(2)3)26-19-8-6-18(7-9-19)24-12-13-28-21-10-4-17(23)5-11-21/h4-5,10-11,14-15,18-19,24H,6-9,12-13H2,1-3H3,(H,25,26)/t18-,19+. The summed E-state index contributed by atoms with van der Waals surface area (Å²) in [6, 6.07) is 12.9. The van der Waals surface area contributed by atoms with Crippen LogP contribution in [-0.2, 0) is 0 Å². The van der Waals surface area contributed by atoms with E-state index in [2.05, 4.69) is 27.8 Å². The molecule has 1 aromatic heterocycles. The van der Waals surface area contributed by atoms with Crippen LogP contribution in [0.2, 0.25) is 5.02 Å². The van der Waals surface area contributed by atoms with Gasteiger partial charge in [0.2, 0.25) is 0 Å². The van der Waals surface area contributed by atoms with Crippen LogP contribution in [-0.4, -0.2) is 44.3 Å². The van der Waals surface area contributed by atoms with E-state index >= 15 is 0 Å². The predicted molar refractivity (Wildman–Crippen MR) is 118 cm³/mol. The van der Waals surface area contributed by atoms with Crippen LogP contribution in [0.4, 0.5) is 11.5 Å². The number of benzene rings is 1. The number of aromatic nitrogens is 1. The van der Waals surface area contributed by atoms with Crippen LogP contribution in [0, 0.1) is 6.92 Å². The fraction of sp³-hybridized carbons (Fsp3) is 0.500. The quantitative estimate of drug-likeness (QED) is 0.636. The third-order valence-corrected chi connectivity index (χ3v) is 5.37. The Balaban J connectivity index is 1.37. The first-order valence-electron chi connectivity index (χ1n) is 10.0. The minimum absolute atomic E-state index is 0.528. The molecule has 1 aromatic carbocycles. The molecule has 152 valence electrons. The molecule has 0 saturated heterocycles. The van der Waals surface area contributed by atoms with Crippen LogP contribution in [0.15, 0.2) is 36.4 Å². The van der Waals surface area contributed by atoms with E-state index in [-0.39, 0.29) is 0 Å². The van der Waals surface area contributed by atoms with Crippen molar-refractivity contribution in [1.29, 1.82) is 0 Å². The maximum Gasteiger partial charge on any atom is 0.130 e. The summed E-state index contributed by atoms with van der Waals surface area (Å²) < 4.78 is 5.75. The van der Waals surface area contributed by atoms with Crippen LogP contribution in [0.25, 0.3) is 0 Å². The van der Waals surface area contributed by atoms with Gasteiger partial charge < -0.3 is 20.3 Å². The van der Waals surface area contributed by atoms with Crippen molar-refractivity contribution in [3.63, 3.8) is 0 Å². The molecule has 1 aliphatic rings. The van der Waals surface area contributed by atoms with Gasteiger partial charge >= 0.3 is 0 Å². The first kappa shape index (κ1) is 20.7. The number of aryl methyl sites for hydroxylation is 1. The molecule has 0 radical (unpaired) electrons. The summed E-state index contributed by atoms with van der Waals surface area (Å²) in [5.41, 5.74) is 2.22. The predicted octanol–water partition coefficient (Wildman–Crippen LogP) is 4.50. The number of pyridine rings is 1. The number of ether oxygens (including phenoxy) is 1. The molecule has 1 heterocycles. The van der Waals surface area contributed by atoms with Gasteiger partial charge in [-0.1, -0.05) is 11.6 Å². The third-order valence-electron chi connectivity index (χ3n) is 5.11. The van der Waals surface area contributed by atoms with E-state index in [1.54, 1.807) is 0 Å². The molecule has 1 saturated carbocycles. The minimum atomic E-state index is 0.528. The zero-order valence-corrected chi connectivity index (χ0v) is 17.8. The van der Waals surface area contributed by atoms with Crippen LogP contribution in [0.3, 0.4) is 0 Å². The Morgan fingerprint density at radius 2 is 1.75 bits per heavy atom. The van der Waals surface area contributed by atoms with Crippen molar-refractivity contribution in [3.05, 3.63) is 47.1 Å². The number of nitrogens with one attached hydrogen (secondary N) is 2. The van der Waals surface area contributed by atoms with Crippen molar-refractivity contribution in [3.8, 4) is 5.75 Å². The lowest BCUT2D eigenvalue weighted by Crippen LogP contribution is -2.38. The van der Waals surface area contributed by atoms with Gasteiger partial charge in [-0.05, 0) is 62.9 Å². The van der Waals surface area contributed by atoms with Gasteiger partial charge in [0.1, 0.15) is 18.2 Å². The molecule has 2 N–H and O–H groups in total. The summed E-state index contributed by atoms with van der Waals surface area (Å²) in [5, 5.41) is 8.06. The van der Waals surface area contributed by atoms with Crippen molar-refractivity contribution < 1.29 is 4.74 Å². The molecule has 3 rings (SSSR count). The highest BCUT2D eigenvalue weighted by Gasteiger charge is 2.21. The number of anilines is 2. The molecule has 0 unspecified atom stereocenters. The topological polar surface area (TPSA) is 49.4 Å². The number of hydrogen-bond donors (Lipinski definition) is 2. The molecule has 0 atom stereocenters. The van der Waals surface area contributed by atoms with E-state index < -0.39 is 0 Å². The molecule has 6 heteroatoms. The molecule has 0 spiro atoms. The van der Waals surface area contributed by atoms with Crippen molar-refractivity contribution in [2.24, 2.45) is 0 Å². The first-order valence-corrected chi connectivity index (χ1v) is 10.4. The van der Waals surface area contributed by atoms with Crippen LogP contribution < -0.4 is 20.3 Å². The fourth-order valence-corrected chi connectivity index (χ4v) is 3.73. The highest BCUT2D eigenvalue weighted by atomic mass is 35.5. The van der Waals surface area contributed by atoms with E-state index in [0.717, 1.165) is 28.8 Å². The second kappa shape index (κ2) is 9.99. The van der Waals surface area contributed by atoms with E-state index in [1.807, 2.05) is 50.2 Å². The van der Waals surface area contributed by atoms with Gasteiger partial charge in [-0.15, -0.1) is 0 Å². The summed E-state index contributed by atoms with van der Waals surface area (Å²) in [6.45, 7) is 3.58. The number of hydrogen-bond acceptors (Lipinski definition) is 5. The average Bonchev–Trinajstić information content (AvgIpc) is 2.67. The Morgan fingerprint density at radius 1 is 1.07 bits per heavy atom. The lowest BCUT2D eigenvalue weighted by Gasteiger charge is -2.30. The van der Waals surface area contributed by atoms with Gasteiger partial charge in [-0.3, -0.25) is 0 Å². The van der Waals surface area contributed by atoms with Gasteiger partial charge in [0.25, 0.3) is 0 Å². The molecule has 5 nitrogen and oxygen atoms in total. The van der Waals surface area contributed by atoms with Crippen molar-refractivity contribution in [2.75, 3.05) is 37.5 Å². The smallest absolute Gasteiger partial charge is 0.130 e. The SMILES string of the molecule is Cc1cc(N[C@H]2CC[C@@H](NCCOc3ccc(Cl)cc3)CC2)cc(N(C)C)n1. The van der Waals surface area contributed by atoms with Gasteiger partial charge in [-0.2, -0.15) is 0 Å². The largest absolute Gasteiger partial charge is 0.492 e. The molecule has 0 amide bonds. The molecule has 0 aliphatic heterocycles. The van der Waals surface area contributed by atoms with Crippen molar-refractivity contribution >= 4 is 23.1 Å². The number of nitrogens with zero attached hydrogens (tertiary/aromatic N) is 2. The van der Waals surface area contributed by atoms with Gasteiger partial charge in [0.05, 0.1) is 0 Å². The van der Waals surface area contributed by atoms with E-state index in [1.165, 1.54) is 31.4 Å². The minimum Gasteiger partial charge on any atom is -0.492 e. The van der Waals surface area contributed by atoms with Crippen LogP contribution >= 0.6 is 11.6 Å². The first-order chi connectivity index (χ1) is 13.5. The second-order valence-corrected chi connectivity index (χ2v) is 8.14. The van der Waals surface area contributed by atoms with Gasteiger partial charge in [0, 0.05) is 55.2 Å². The van der Waals surface area contributed by atoms with E-state index in [4.69, 9.17) is 16.3 Å². The van der Waals surface area contributed by atoms with Gasteiger partial charge in [0.15, 0.2) is 0 Å². The Hall–Kier alpha value is -1.98. The summed E-state index contributed by atoms with van der Waals surface area (Å²) in [7, 11) is 4.05.